The van der Waals surface area contributed by atoms with Crippen LogP contribution in [0, 0.1) is 0 Å². The quantitative estimate of drug-likeness (QED) is 0.573. The molecule has 1 atom stereocenters. The topological polar surface area (TPSA) is 88.4 Å². The van der Waals surface area contributed by atoms with E-state index in [-0.39, 0.29) is 6.61 Å². The molecule has 0 aromatic carbocycles. The molecule has 1 aliphatic rings. The van der Waals surface area contributed by atoms with Crippen LogP contribution in [-0.2, 0) is 19.1 Å². The second-order valence-corrected chi connectivity index (χ2v) is 4.12. The van der Waals surface area contributed by atoms with Crippen molar-refractivity contribution in [3.8, 4) is 0 Å². The zero-order valence-corrected chi connectivity index (χ0v) is 11.7. The average Bonchev–Trinajstić information content (AvgIpc) is 2.38. The molecule has 20 heavy (non-hydrogen) atoms. The molecule has 0 radical (unpaired) electrons. The Labute approximate surface area is 117 Å². The number of aliphatic hydroxyl groups excluding tert-OH is 1. The number of allylic oxidation sites excluding steroid dienone is 2. The first-order chi connectivity index (χ1) is 9.43. The third kappa shape index (κ3) is 4.85. The third-order valence-corrected chi connectivity index (χ3v) is 2.60. The molecule has 1 aliphatic heterocycles. The first-order valence-electron chi connectivity index (χ1n) is 6.04. The van der Waals surface area contributed by atoms with Crippen molar-refractivity contribution in [3.63, 3.8) is 0 Å². The molecular formula is C13H18N2O5. The van der Waals surface area contributed by atoms with Crippen molar-refractivity contribution in [2.24, 2.45) is 4.99 Å². The Morgan fingerprint density at radius 3 is 2.65 bits per heavy atom. The van der Waals surface area contributed by atoms with Gasteiger partial charge in [-0.15, -0.1) is 0 Å². The van der Waals surface area contributed by atoms with E-state index in [1.165, 1.54) is 7.11 Å². The van der Waals surface area contributed by atoms with E-state index in [9.17, 15) is 14.7 Å². The molecule has 0 aromatic heterocycles. The summed E-state index contributed by atoms with van der Waals surface area (Å²) in [6.07, 6.45) is 2.83. The number of esters is 2. The minimum atomic E-state index is -0.968. The van der Waals surface area contributed by atoms with Crippen molar-refractivity contribution in [1.82, 2.24) is 4.90 Å². The summed E-state index contributed by atoms with van der Waals surface area (Å²) in [7, 11) is 1.22. The molecule has 7 nitrogen and oxygen atoms in total. The number of hydrogen-bond acceptors (Lipinski definition) is 7. The fourth-order valence-electron chi connectivity index (χ4n) is 1.65. The molecular weight excluding hydrogens is 264 g/mol. The van der Waals surface area contributed by atoms with Crippen LogP contribution < -0.4 is 0 Å². The normalized spacial score (nSPS) is 18.6. The van der Waals surface area contributed by atoms with Gasteiger partial charge in [-0.2, -0.15) is 0 Å². The van der Waals surface area contributed by atoms with Gasteiger partial charge in [0.1, 0.15) is 6.61 Å². The van der Waals surface area contributed by atoms with Crippen LogP contribution in [0.2, 0.25) is 0 Å². The molecule has 0 bridgehead atoms. The number of methoxy groups -OCH3 is 1. The van der Waals surface area contributed by atoms with Gasteiger partial charge in [0, 0.05) is 23.6 Å². The lowest BCUT2D eigenvalue weighted by Crippen LogP contribution is -2.38. The van der Waals surface area contributed by atoms with Crippen molar-refractivity contribution in [3.05, 3.63) is 23.9 Å². The van der Waals surface area contributed by atoms with E-state index in [0.717, 1.165) is 23.6 Å². The van der Waals surface area contributed by atoms with E-state index in [2.05, 4.69) is 9.73 Å². The lowest BCUT2D eigenvalue weighted by molar-refractivity contribution is -0.140. The van der Waals surface area contributed by atoms with Gasteiger partial charge < -0.3 is 19.5 Å². The number of rotatable bonds is 5. The van der Waals surface area contributed by atoms with Gasteiger partial charge in [0.2, 0.25) is 6.35 Å². The van der Waals surface area contributed by atoms with Crippen molar-refractivity contribution in [2.45, 2.75) is 20.2 Å². The predicted molar refractivity (Wildman–Crippen MR) is 71.7 cm³/mol. The van der Waals surface area contributed by atoms with Crippen molar-refractivity contribution in [2.75, 3.05) is 20.3 Å². The molecule has 1 heterocycles. The van der Waals surface area contributed by atoms with Gasteiger partial charge in [-0.25, -0.2) is 14.6 Å². The molecule has 1 rings (SSSR count). The van der Waals surface area contributed by atoms with Crippen molar-refractivity contribution < 1.29 is 24.2 Å². The Morgan fingerprint density at radius 1 is 1.40 bits per heavy atom. The van der Waals surface area contributed by atoms with Crippen LogP contribution in [-0.4, -0.2) is 54.3 Å². The summed E-state index contributed by atoms with van der Waals surface area (Å²) in [4.78, 5) is 27.6. The van der Waals surface area contributed by atoms with Gasteiger partial charge in [0.25, 0.3) is 0 Å². The zero-order valence-electron chi connectivity index (χ0n) is 11.7. The monoisotopic (exact) mass is 282 g/mol. The molecule has 0 saturated heterocycles. The van der Waals surface area contributed by atoms with E-state index in [1.54, 1.807) is 11.8 Å². The number of hydrogen-bond donors (Lipinski definition) is 1. The van der Waals surface area contributed by atoms with Crippen LogP contribution >= 0.6 is 0 Å². The first kappa shape index (κ1) is 15.9. The summed E-state index contributed by atoms with van der Waals surface area (Å²) in [5.41, 5.74) is 1.58. The highest BCUT2D eigenvalue weighted by molar-refractivity contribution is 5.94. The average molecular weight is 282 g/mol. The summed E-state index contributed by atoms with van der Waals surface area (Å²) < 4.78 is 9.24. The van der Waals surface area contributed by atoms with Crippen LogP contribution in [0.1, 0.15) is 13.8 Å². The van der Waals surface area contributed by atoms with Crippen LogP contribution in [0.15, 0.2) is 28.9 Å². The maximum absolute atomic E-state index is 11.3. The molecule has 0 aromatic rings. The lowest BCUT2D eigenvalue weighted by atomic mass is 10.2. The molecule has 0 fully saturated rings. The van der Waals surface area contributed by atoms with E-state index in [1.807, 2.05) is 13.0 Å². The lowest BCUT2D eigenvalue weighted by Gasteiger charge is -2.30. The Bertz CT molecular complexity index is 467. The molecule has 1 unspecified atom stereocenters. The van der Waals surface area contributed by atoms with Gasteiger partial charge in [0.05, 0.1) is 13.7 Å². The molecule has 0 spiro atoms. The molecule has 1 N–H and O–H groups in total. The van der Waals surface area contributed by atoms with Crippen molar-refractivity contribution in [1.29, 1.82) is 0 Å². The largest absolute Gasteiger partial charge is 0.466 e. The number of nitrogens with zero attached hydrogens (tertiary/aromatic N) is 2. The van der Waals surface area contributed by atoms with E-state index >= 15 is 0 Å². The second kappa shape index (κ2) is 7.44. The SMILES string of the molecule is COC(=O)/C=C/C(=O)OCCN1C(C)=CC(C)=NC1O. The first-order valence-corrected chi connectivity index (χ1v) is 6.04. The fraction of sp³-hybridized carbons (Fsp3) is 0.462. The van der Waals surface area contributed by atoms with E-state index in [4.69, 9.17) is 4.74 Å². The van der Waals surface area contributed by atoms with Gasteiger partial charge in [-0.05, 0) is 19.9 Å². The number of carbonyl (C=O) groups is 2. The minimum absolute atomic E-state index is 0.0706. The zero-order chi connectivity index (χ0) is 15.1. The Balaban J connectivity index is 2.38. The molecule has 0 amide bonds. The van der Waals surface area contributed by atoms with Crippen LogP contribution in [0.4, 0.5) is 0 Å². The van der Waals surface area contributed by atoms with Gasteiger partial charge >= 0.3 is 11.9 Å². The predicted octanol–water partition coefficient (Wildman–Crippen LogP) is 0.215. The summed E-state index contributed by atoms with van der Waals surface area (Å²) in [6.45, 7) is 4.00. The Hall–Kier alpha value is -2.15. The number of aliphatic hydroxyl groups is 1. The highest BCUT2D eigenvalue weighted by atomic mass is 16.5. The number of aliphatic imine (C=N–C) groups is 1. The van der Waals surface area contributed by atoms with E-state index < -0.39 is 18.3 Å². The van der Waals surface area contributed by atoms with Crippen LogP contribution in [0.3, 0.4) is 0 Å². The molecule has 110 valence electrons. The number of carbonyl (C=O) groups excluding carboxylic acids is 2. The second-order valence-electron chi connectivity index (χ2n) is 4.12. The fourth-order valence-corrected chi connectivity index (χ4v) is 1.65. The molecule has 0 aliphatic carbocycles. The van der Waals surface area contributed by atoms with Crippen LogP contribution in [0.25, 0.3) is 0 Å². The highest BCUT2D eigenvalue weighted by Gasteiger charge is 2.18. The standard InChI is InChI=1S/C13H18N2O5/c1-9-8-10(2)15(13(18)14-9)6-7-20-12(17)5-4-11(16)19-3/h4-5,8,13,18H,6-7H2,1-3H3/b5-4+. The summed E-state index contributed by atoms with van der Waals surface area (Å²) in [6, 6.07) is 0. The van der Waals surface area contributed by atoms with Crippen LogP contribution in [0.5, 0.6) is 0 Å². The highest BCUT2D eigenvalue weighted by Crippen LogP contribution is 2.13. The van der Waals surface area contributed by atoms with E-state index in [0.29, 0.717) is 6.54 Å². The smallest absolute Gasteiger partial charge is 0.331 e. The van der Waals surface area contributed by atoms with Gasteiger partial charge in [-0.1, -0.05) is 0 Å². The summed E-state index contributed by atoms with van der Waals surface area (Å²) >= 11 is 0. The third-order valence-electron chi connectivity index (χ3n) is 2.60. The number of ether oxygens (including phenoxy) is 2. The summed E-state index contributed by atoms with van der Waals surface area (Å²) in [5, 5.41) is 9.77. The molecule has 7 heteroatoms. The Kier molecular flexibility index (Phi) is 5.92. The van der Waals surface area contributed by atoms with Gasteiger partial charge in [-0.3, -0.25) is 0 Å². The Morgan fingerprint density at radius 2 is 2.05 bits per heavy atom. The maximum atomic E-state index is 11.3. The maximum Gasteiger partial charge on any atom is 0.331 e. The van der Waals surface area contributed by atoms with Gasteiger partial charge in [0.15, 0.2) is 0 Å². The van der Waals surface area contributed by atoms with Crippen molar-refractivity contribution >= 4 is 17.7 Å². The minimum Gasteiger partial charge on any atom is -0.466 e. The summed E-state index contributed by atoms with van der Waals surface area (Å²) in [5.74, 6) is -1.28. The molecule has 0 saturated carbocycles.